The smallest absolute Gasteiger partial charge is 0.338 e. The van der Waals surface area contributed by atoms with E-state index >= 15 is 0 Å². The summed E-state index contributed by atoms with van der Waals surface area (Å²) in [6.45, 7) is 6.06. The summed E-state index contributed by atoms with van der Waals surface area (Å²) in [7, 11) is 0. The van der Waals surface area contributed by atoms with Crippen molar-refractivity contribution < 1.29 is 14.3 Å². The topological polar surface area (TPSA) is 72.7 Å². The van der Waals surface area contributed by atoms with Crippen molar-refractivity contribution in [3.8, 4) is 5.69 Å². The molecular formula is C21H21N3O3S. The van der Waals surface area contributed by atoms with Crippen LogP contribution in [0.1, 0.15) is 43.9 Å². The highest BCUT2D eigenvalue weighted by atomic mass is 32.1. The number of hydrogen-bond acceptors (Lipinski definition) is 5. The van der Waals surface area contributed by atoms with Crippen LogP contribution in [0.4, 0.5) is 0 Å². The van der Waals surface area contributed by atoms with Crippen molar-refractivity contribution in [3.63, 3.8) is 0 Å². The SMILES string of the molecule is CCOC(=O)c1cccc(-n2c(C)cc(/C=N/NC(=O)c3cccs3)c2C)c1. The van der Waals surface area contributed by atoms with Crippen molar-refractivity contribution in [3.05, 3.63) is 75.2 Å². The summed E-state index contributed by atoms with van der Waals surface area (Å²) >= 11 is 1.36. The van der Waals surface area contributed by atoms with Gasteiger partial charge in [-0.15, -0.1) is 11.3 Å². The normalized spacial score (nSPS) is 11.0. The molecule has 28 heavy (non-hydrogen) atoms. The number of carbonyl (C=O) groups is 2. The van der Waals surface area contributed by atoms with E-state index in [-0.39, 0.29) is 11.9 Å². The van der Waals surface area contributed by atoms with Crippen LogP contribution in [-0.4, -0.2) is 29.3 Å². The molecule has 0 spiro atoms. The molecule has 3 rings (SSSR count). The van der Waals surface area contributed by atoms with Crippen molar-refractivity contribution in [1.82, 2.24) is 9.99 Å². The van der Waals surface area contributed by atoms with E-state index < -0.39 is 0 Å². The number of aryl methyl sites for hydroxylation is 1. The first-order valence-corrected chi connectivity index (χ1v) is 9.72. The second-order valence-electron chi connectivity index (χ2n) is 6.11. The maximum atomic E-state index is 12.0. The van der Waals surface area contributed by atoms with E-state index in [4.69, 9.17) is 4.74 Å². The molecule has 0 aliphatic rings. The highest BCUT2D eigenvalue weighted by Crippen LogP contribution is 2.21. The average Bonchev–Trinajstić information content (AvgIpc) is 3.31. The number of benzene rings is 1. The van der Waals surface area contributed by atoms with Crippen LogP contribution < -0.4 is 5.43 Å². The minimum Gasteiger partial charge on any atom is -0.462 e. The largest absolute Gasteiger partial charge is 0.462 e. The van der Waals surface area contributed by atoms with Crippen LogP contribution in [0.25, 0.3) is 5.69 Å². The van der Waals surface area contributed by atoms with Gasteiger partial charge in [0.15, 0.2) is 0 Å². The Balaban J connectivity index is 1.82. The number of esters is 1. The molecule has 0 bridgehead atoms. The lowest BCUT2D eigenvalue weighted by molar-refractivity contribution is 0.0526. The maximum absolute atomic E-state index is 12.0. The van der Waals surface area contributed by atoms with Gasteiger partial charge in [-0.2, -0.15) is 5.10 Å². The van der Waals surface area contributed by atoms with Gasteiger partial charge in [0.2, 0.25) is 0 Å². The van der Waals surface area contributed by atoms with Gasteiger partial charge in [0, 0.05) is 22.6 Å². The summed E-state index contributed by atoms with van der Waals surface area (Å²) in [6.07, 6.45) is 1.62. The number of thiophene rings is 1. The molecule has 1 aromatic carbocycles. The number of rotatable bonds is 6. The Bertz CT molecular complexity index is 1020. The maximum Gasteiger partial charge on any atom is 0.338 e. The van der Waals surface area contributed by atoms with E-state index in [0.717, 1.165) is 22.6 Å². The number of nitrogens with zero attached hydrogens (tertiary/aromatic N) is 2. The van der Waals surface area contributed by atoms with Crippen LogP contribution >= 0.6 is 11.3 Å². The lowest BCUT2D eigenvalue weighted by atomic mass is 10.2. The number of nitrogens with one attached hydrogen (secondary N) is 1. The fourth-order valence-corrected chi connectivity index (χ4v) is 3.54. The number of aromatic nitrogens is 1. The van der Waals surface area contributed by atoms with Gasteiger partial charge in [0.25, 0.3) is 5.91 Å². The molecule has 0 unspecified atom stereocenters. The predicted octanol–water partition coefficient (Wildman–Crippen LogP) is 4.10. The molecular weight excluding hydrogens is 374 g/mol. The fraction of sp³-hybridized carbons (Fsp3) is 0.190. The lowest BCUT2D eigenvalue weighted by Gasteiger charge is -2.11. The highest BCUT2D eigenvalue weighted by molar-refractivity contribution is 7.12. The number of hydrogen-bond donors (Lipinski definition) is 1. The molecule has 2 heterocycles. The van der Waals surface area contributed by atoms with Gasteiger partial charge in [-0.3, -0.25) is 4.79 Å². The summed E-state index contributed by atoms with van der Waals surface area (Å²) in [5, 5.41) is 5.92. The molecule has 2 aromatic heterocycles. The molecule has 7 heteroatoms. The molecule has 0 saturated carbocycles. The number of amides is 1. The molecule has 1 amide bonds. The van der Waals surface area contributed by atoms with E-state index in [1.54, 1.807) is 31.3 Å². The molecule has 0 atom stereocenters. The Labute approximate surface area is 167 Å². The van der Waals surface area contributed by atoms with Gasteiger partial charge in [0.1, 0.15) is 0 Å². The Hall–Kier alpha value is -3.19. The van der Waals surface area contributed by atoms with Crippen LogP contribution in [0.15, 0.2) is 52.9 Å². The Kier molecular flexibility index (Phi) is 6.06. The van der Waals surface area contributed by atoms with Crippen molar-refractivity contribution >= 4 is 29.4 Å². The molecule has 0 aliphatic carbocycles. The van der Waals surface area contributed by atoms with Gasteiger partial charge >= 0.3 is 5.97 Å². The van der Waals surface area contributed by atoms with Crippen LogP contribution in [0.3, 0.4) is 0 Å². The van der Waals surface area contributed by atoms with Gasteiger partial charge in [-0.1, -0.05) is 12.1 Å². The molecule has 6 nitrogen and oxygen atoms in total. The van der Waals surface area contributed by atoms with E-state index in [1.165, 1.54) is 11.3 Å². The Morgan fingerprint density at radius 2 is 2.04 bits per heavy atom. The van der Waals surface area contributed by atoms with Crippen molar-refractivity contribution in [2.75, 3.05) is 6.61 Å². The van der Waals surface area contributed by atoms with Crippen molar-refractivity contribution in [1.29, 1.82) is 0 Å². The van der Waals surface area contributed by atoms with Gasteiger partial charge in [-0.05, 0) is 56.5 Å². The van der Waals surface area contributed by atoms with Crippen LogP contribution in [-0.2, 0) is 4.74 Å². The summed E-state index contributed by atoms with van der Waals surface area (Å²) in [5.41, 5.74) is 6.73. The second kappa shape index (κ2) is 8.67. The Morgan fingerprint density at radius 3 is 2.75 bits per heavy atom. The first-order valence-electron chi connectivity index (χ1n) is 8.84. The van der Waals surface area contributed by atoms with Gasteiger partial charge in [0.05, 0.1) is 23.3 Å². The first kappa shape index (κ1) is 19.6. The van der Waals surface area contributed by atoms with Gasteiger partial charge < -0.3 is 9.30 Å². The number of carbonyl (C=O) groups excluding carboxylic acids is 2. The summed E-state index contributed by atoms with van der Waals surface area (Å²) in [6, 6.07) is 12.8. The molecule has 0 radical (unpaired) electrons. The molecule has 3 aromatic rings. The predicted molar refractivity (Wildman–Crippen MR) is 111 cm³/mol. The highest BCUT2D eigenvalue weighted by Gasteiger charge is 2.13. The fourth-order valence-electron chi connectivity index (χ4n) is 2.93. The van der Waals surface area contributed by atoms with E-state index in [1.807, 2.05) is 48.1 Å². The van der Waals surface area contributed by atoms with E-state index in [0.29, 0.717) is 17.0 Å². The molecule has 0 saturated heterocycles. The minimum atomic E-state index is -0.343. The minimum absolute atomic E-state index is 0.234. The summed E-state index contributed by atoms with van der Waals surface area (Å²) in [4.78, 5) is 24.6. The first-order chi connectivity index (χ1) is 13.5. The van der Waals surface area contributed by atoms with E-state index in [2.05, 4.69) is 10.5 Å². The van der Waals surface area contributed by atoms with Crippen molar-refractivity contribution in [2.45, 2.75) is 20.8 Å². The lowest BCUT2D eigenvalue weighted by Crippen LogP contribution is -2.16. The van der Waals surface area contributed by atoms with Crippen LogP contribution in [0, 0.1) is 13.8 Å². The average molecular weight is 395 g/mol. The van der Waals surface area contributed by atoms with Gasteiger partial charge in [-0.25, -0.2) is 10.2 Å². The third-order valence-corrected chi connectivity index (χ3v) is 5.07. The molecule has 0 fully saturated rings. The Morgan fingerprint density at radius 1 is 1.21 bits per heavy atom. The zero-order valence-corrected chi connectivity index (χ0v) is 16.7. The monoisotopic (exact) mass is 395 g/mol. The van der Waals surface area contributed by atoms with Crippen LogP contribution in [0.5, 0.6) is 0 Å². The number of ether oxygens (including phenoxy) is 1. The number of hydrazone groups is 1. The molecule has 1 N–H and O–H groups in total. The second-order valence-corrected chi connectivity index (χ2v) is 7.06. The third-order valence-electron chi connectivity index (χ3n) is 4.20. The summed E-state index contributed by atoms with van der Waals surface area (Å²) in [5.74, 6) is -0.577. The van der Waals surface area contributed by atoms with E-state index in [9.17, 15) is 9.59 Å². The van der Waals surface area contributed by atoms with Crippen molar-refractivity contribution in [2.24, 2.45) is 5.10 Å². The zero-order chi connectivity index (χ0) is 20.1. The molecule has 144 valence electrons. The summed E-state index contributed by atoms with van der Waals surface area (Å²) < 4.78 is 7.11. The molecule has 0 aliphatic heterocycles. The quantitative estimate of drug-likeness (QED) is 0.388. The standard InChI is InChI=1S/C21H21N3O3S/c1-4-27-21(26)16-7-5-8-18(12-16)24-14(2)11-17(15(24)3)13-22-23-20(25)19-9-6-10-28-19/h5-13H,4H2,1-3H3,(H,23,25)/b22-13+. The third kappa shape index (κ3) is 4.20. The van der Waals surface area contributed by atoms with Crippen LogP contribution in [0.2, 0.25) is 0 Å². The zero-order valence-electron chi connectivity index (χ0n) is 15.9.